The molecule has 2 aliphatic rings. The number of phenols is 1. The number of hydrogen-bond donors (Lipinski definition) is 3. The number of piperidine rings is 1. The molecule has 2 heterocycles. The third-order valence-corrected chi connectivity index (χ3v) is 5.67. The molecule has 1 fully saturated rings. The highest BCUT2D eigenvalue weighted by Crippen LogP contribution is 2.31. The van der Waals surface area contributed by atoms with Gasteiger partial charge in [-0.25, -0.2) is 0 Å². The number of amides is 1. The zero-order valence-electron chi connectivity index (χ0n) is 16.9. The number of rotatable bonds is 8. The number of aromatic hydroxyl groups is 1. The fourth-order valence-corrected chi connectivity index (χ4v) is 3.98. The second-order valence-corrected chi connectivity index (χ2v) is 8.02. The van der Waals surface area contributed by atoms with Crippen molar-refractivity contribution in [2.45, 2.75) is 25.4 Å². The maximum absolute atomic E-state index is 11.6. The summed E-state index contributed by atoms with van der Waals surface area (Å²) in [4.78, 5) is 13.8. The Bertz CT molecular complexity index is 862. The lowest BCUT2D eigenvalue weighted by Crippen LogP contribution is -2.41. The van der Waals surface area contributed by atoms with E-state index in [1.54, 1.807) is 24.3 Å². The van der Waals surface area contributed by atoms with E-state index in [-0.39, 0.29) is 18.3 Å². The number of phenolic OH excluding ortho intramolecular Hbond substituents is 1. The van der Waals surface area contributed by atoms with E-state index >= 15 is 0 Å². The van der Waals surface area contributed by atoms with Crippen LogP contribution in [0.2, 0.25) is 0 Å². The highest BCUT2D eigenvalue weighted by Gasteiger charge is 2.24. The van der Waals surface area contributed by atoms with Crippen LogP contribution in [0, 0.1) is 5.92 Å². The molecule has 0 bridgehead atoms. The first-order valence-electron chi connectivity index (χ1n) is 10.4. The smallest absolute Gasteiger partial charge is 0.229 e. The minimum Gasteiger partial charge on any atom is -0.508 e. The van der Waals surface area contributed by atoms with Gasteiger partial charge in [0, 0.05) is 17.8 Å². The van der Waals surface area contributed by atoms with E-state index < -0.39 is 6.10 Å². The topological polar surface area (TPSA) is 91.3 Å². The molecular weight excluding hydrogens is 384 g/mol. The molecule has 0 aliphatic carbocycles. The first-order chi connectivity index (χ1) is 14.6. The molecule has 160 valence electrons. The lowest BCUT2D eigenvalue weighted by Gasteiger charge is -2.33. The Morgan fingerprint density at radius 3 is 2.63 bits per heavy atom. The summed E-state index contributed by atoms with van der Waals surface area (Å²) in [6, 6.07) is 12.3. The number of aliphatic hydroxyl groups is 1. The van der Waals surface area contributed by atoms with E-state index in [9.17, 15) is 15.0 Å². The summed E-state index contributed by atoms with van der Waals surface area (Å²) < 4.78 is 11.6. The van der Waals surface area contributed by atoms with E-state index in [1.807, 2.05) is 18.2 Å². The molecular formula is C23H28N2O5. The normalized spacial score (nSPS) is 18.0. The molecule has 2 aromatic rings. The van der Waals surface area contributed by atoms with Crippen molar-refractivity contribution in [2.24, 2.45) is 5.92 Å². The largest absolute Gasteiger partial charge is 0.508 e. The van der Waals surface area contributed by atoms with Crippen molar-refractivity contribution in [1.29, 1.82) is 0 Å². The summed E-state index contributed by atoms with van der Waals surface area (Å²) in [5.74, 6) is 2.13. The van der Waals surface area contributed by atoms with E-state index in [0.29, 0.717) is 31.2 Å². The fraction of sp³-hybridized carbons (Fsp3) is 0.435. The summed E-state index contributed by atoms with van der Waals surface area (Å²) >= 11 is 0. The minimum absolute atomic E-state index is 0.0288. The van der Waals surface area contributed by atoms with Gasteiger partial charge in [-0.2, -0.15) is 0 Å². The number of ether oxygens (including phenoxy) is 2. The summed E-state index contributed by atoms with van der Waals surface area (Å²) in [7, 11) is 0. The van der Waals surface area contributed by atoms with Crippen LogP contribution in [0.25, 0.3) is 0 Å². The molecule has 1 saturated heterocycles. The van der Waals surface area contributed by atoms with Gasteiger partial charge in [0.15, 0.2) is 0 Å². The van der Waals surface area contributed by atoms with E-state index in [2.05, 4.69) is 10.2 Å². The Kier molecular flexibility index (Phi) is 6.40. The molecule has 2 aromatic carbocycles. The van der Waals surface area contributed by atoms with Crippen LogP contribution >= 0.6 is 0 Å². The SMILES string of the molecule is O=C1Cc2c(cccc2OCC(O)CN2CCC(COc3ccc(O)cc3)CC2)N1. The van der Waals surface area contributed by atoms with Crippen molar-refractivity contribution >= 4 is 11.6 Å². The molecule has 0 spiro atoms. The van der Waals surface area contributed by atoms with Crippen LogP contribution in [0.3, 0.4) is 0 Å². The van der Waals surface area contributed by atoms with Gasteiger partial charge in [-0.15, -0.1) is 0 Å². The molecule has 7 heteroatoms. The second kappa shape index (κ2) is 9.36. The Labute approximate surface area is 176 Å². The Balaban J connectivity index is 1.17. The molecule has 4 rings (SSSR count). The summed E-state index contributed by atoms with van der Waals surface area (Å²) in [6.45, 7) is 3.27. The highest BCUT2D eigenvalue weighted by molar-refractivity contribution is 6.00. The third kappa shape index (κ3) is 5.23. The summed E-state index contributed by atoms with van der Waals surface area (Å²) in [6.07, 6.45) is 1.77. The van der Waals surface area contributed by atoms with Crippen LogP contribution in [0.5, 0.6) is 17.2 Å². The standard InChI is InChI=1S/C23H28N2O5/c26-17-4-6-19(7-5-17)29-14-16-8-10-25(11-9-16)13-18(27)15-30-22-3-1-2-21-20(22)12-23(28)24-21/h1-7,16,18,26-27H,8-15H2,(H,24,28). The van der Waals surface area contributed by atoms with Crippen molar-refractivity contribution in [3.63, 3.8) is 0 Å². The van der Waals surface area contributed by atoms with E-state index in [4.69, 9.17) is 9.47 Å². The van der Waals surface area contributed by atoms with Crippen LogP contribution < -0.4 is 14.8 Å². The molecule has 2 aliphatic heterocycles. The van der Waals surface area contributed by atoms with Gasteiger partial charge in [-0.1, -0.05) is 6.07 Å². The van der Waals surface area contributed by atoms with Gasteiger partial charge < -0.3 is 29.9 Å². The number of likely N-dealkylation sites (tertiary alicyclic amines) is 1. The average molecular weight is 412 g/mol. The second-order valence-electron chi connectivity index (χ2n) is 8.02. The molecule has 0 aromatic heterocycles. The third-order valence-electron chi connectivity index (χ3n) is 5.67. The predicted molar refractivity (Wildman–Crippen MR) is 113 cm³/mol. The Hall–Kier alpha value is -2.77. The lowest BCUT2D eigenvalue weighted by molar-refractivity contribution is -0.115. The van der Waals surface area contributed by atoms with Gasteiger partial charge in [-0.3, -0.25) is 4.79 Å². The molecule has 7 nitrogen and oxygen atoms in total. The number of carbonyl (C=O) groups is 1. The first-order valence-corrected chi connectivity index (χ1v) is 10.4. The number of carbonyl (C=O) groups excluding carboxylic acids is 1. The van der Waals surface area contributed by atoms with Crippen LogP contribution in [0.15, 0.2) is 42.5 Å². The number of fused-ring (bicyclic) bond motifs is 1. The van der Waals surface area contributed by atoms with Crippen molar-refractivity contribution in [1.82, 2.24) is 4.90 Å². The van der Waals surface area contributed by atoms with Crippen LogP contribution in [0.4, 0.5) is 5.69 Å². The number of β-amino-alcohol motifs (C(OH)–C–C–N with tert-alkyl or cyclic N) is 1. The number of anilines is 1. The number of hydrogen-bond acceptors (Lipinski definition) is 6. The van der Waals surface area contributed by atoms with E-state index in [1.165, 1.54) is 0 Å². The van der Waals surface area contributed by atoms with Crippen LogP contribution in [0.1, 0.15) is 18.4 Å². The predicted octanol–water partition coefficient (Wildman–Crippen LogP) is 2.42. The molecule has 1 amide bonds. The Morgan fingerprint density at radius 1 is 1.10 bits per heavy atom. The van der Waals surface area contributed by atoms with Crippen LogP contribution in [-0.2, 0) is 11.2 Å². The quantitative estimate of drug-likeness (QED) is 0.617. The monoisotopic (exact) mass is 412 g/mol. The first kappa shape index (κ1) is 20.5. The number of benzene rings is 2. The molecule has 1 unspecified atom stereocenters. The van der Waals surface area contributed by atoms with Crippen molar-refractivity contribution in [3.8, 4) is 17.2 Å². The summed E-state index contributed by atoms with van der Waals surface area (Å²) in [5, 5.41) is 22.5. The highest BCUT2D eigenvalue weighted by atomic mass is 16.5. The average Bonchev–Trinajstić information content (AvgIpc) is 3.13. The number of nitrogens with zero attached hydrogens (tertiary/aromatic N) is 1. The fourth-order valence-electron chi connectivity index (χ4n) is 3.98. The van der Waals surface area contributed by atoms with Crippen molar-refractivity contribution in [3.05, 3.63) is 48.0 Å². The van der Waals surface area contributed by atoms with Crippen molar-refractivity contribution < 1.29 is 24.5 Å². The molecule has 1 atom stereocenters. The molecule has 30 heavy (non-hydrogen) atoms. The maximum atomic E-state index is 11.6. The van der Waals surface area contributed by atoms with Gasteiger partial charge in [0.25, 0.3) is 0 Å². The van der Waals surface area contributed by atoms with Gasteiger partial charge in [-0.05, 0) is 68.2 Å². The molecule has 0 radical (unpaired) electrons. The summed E-state index contributed by atoms with van der Waals surface area (Å²) in [5.41, 5.74) is 1.66. The van der Waals surface area contributed by atoms with Crippen molar-refractivity contribution in [2.75, 3.05) is 38.2 Å². The van der Waals surface area contributed by atoms with Gasteiger partial charge >= 0.3 is 0 Å². The van der Waals surface area contributed by atoms with Crippen LogP contribution in [-0.4, -0.2) is 60.0 Å². The van der Waals surface area contributed by atoms with E-state index in [0.717, 1.165) is 42.9 Å². The lowest BCUT2D eigenvalue weighted by atomic mass is 9.97. The molecule has 0 saturated carbocycles. The zero-order chi connectivity index (χ0) is 20.9. The van der Waals surface area contributed by atoms with Gasteiger partial charge in [0.05, 0.1) is 13.0 Å². The Morgan fingerprint density at radius 2 is 1.87 bits per heavy atom. The minimum atomic E-state index is -0.587. The number of nitrogens with one attached hydrogen (secondary N) is 1. The molecule has 3 N–H and O–H groups in total. The van der Waals surface area contributed by atoms with Gasteiger partial charge in [0.1, 0.15) is 30.0 Å². The van der Waals surface area contributed by atoms with Gasteiger partial charge in [0.2, 0.25) is 5.91 Å². The maximum Gasteiger partial charge on any atom is 0.229 e. The zero-order valence-corrected chi connectivity index (χ0v) is 16.9. The number of aliphatic hydroxyl groups excluding tert-OH is 1.